The molecule has 2 aromatic carbocycles. The van der Waals surface area contributed by atoms with Gasteiger partial charge < -0.3 is 19.7 Å². The molecule has 0 amide bonds. The minimum Gasteiger partial charge on any atom is -0.504 e. The molecule has 3 rings (SSSR count). The molecule has 1 fully saturated rings. The molecule has 0 bridgehead atoms. The lowest BCUT2D eigenvalue weighted by Crippen LogP contribution is -2.51. The molecule has 0 radical (unpaired) electrons. The summed E-state index contributed by atoms with van der Waals surface area (Å²) in [5, 5.41) is 20.8. The third kappa shape index (κ3) is 4.93. The summed E-state index contributed by atoms with van der Waals surface area (Å²) in [6.45, 7) is 6.60. The molecule has 5 nitrogen and oxygen atoms in total. The lowest BCUT2D eigenvalue weighted by molar-refractivity contribution is -0.0621. The fourth-order valence-corrected chi connectivity index (χ4v) is 3.56. The van der Waals surface area contributed by atoms with Gasteiger partial charge in [0.25, 0.3) is 0 Å². The first-order valence-corrected chi connectivity index (χ1v) is 9.39. The minimum atomic E-state index is -0.863. The van der Waals surface area contributed by atoms with E-state index in [-0.39, 0.29) is 12.4 Å². The van der Waals surface area contributed by atoms with Crippen LogP contribution in [0, 0.1) is 13.8 Å². The number of aryl methyl sites for hydroxylation is 2. The first kappa shape index (κ1) is 19.5. The van der Waals surface area contributed by atoms with Crippen LogP contribution in [0.1, 0.15) is 29.5 Å². The van der Waals surface area contributed by atoms with E-state index in [0.29, 0.717) is 18.8 Å². The van der Waals surface area contributed by atoms with E-state index in [4.69, 9.17) is 9.47 Å². The quantitative estimate of drug-likeness (QED) is 0.815. The second kappa shape index (κ2) is 8.19. The maximum Gasteiger partial charge on any atom is 0.160 e. The molecule has 1 aliphatic heterocycles. The molecule has 5 heteroatoms. The second-order valence-electron chi connectivity index (χ2n) is 7.58. The van der Waals surface area contributed by atoms with E-state index in [1.54, 1.807) is 13.2 Å². The van der Waals surface area contributed by atoms with Crippen LogP contribution in [-0.4, -0.2) is 47.5 Å². The van der Waals surface area contributed by atoms with Crippen molar-refractivity contribution >= 4 is 0 Å². The fourth-order valence-electron chi connectivity index (χ4n) is 3.56. The van der Waals surface area contributed by atoms with Gasteiger partial charge in [-0.05, 0) is 74.2 Å². The van der Waals surface area contributed by atoms with Crippen LogP contribution in [0.15, 0.2) is 36.4 Å². The number of piperidine rings is 1. The predicted molar refractivity (Wildman–Crippen MR) is 106 cm³/mol. The van der Waals surface area contributed by atoms with Gasteiger partial charge in [0.2, 0.25) is 0 Å². The Hall–Kier alpha value is -2.24. The van der Waals surface area contributed by atoms with Gasteiger partial charge in [0, 0.05) is 13.1 Å². The molecule has 1 heterocycles. The van der Waals surface area contributed by atoms with Gasteiger partial charge in [0.1, 0.15) is 18.0 Å². The Kier molecular flexibility index (Phi) is 5.92. The lowest BCUT2D eigenvalue weighted by atomic mass is 9.93. The zero-order valence-electron chi connectivity index (χ0n) is 16.4. The summed E-state index contributed by atoms with van der Waals surface area (Å²) in [5.41, 5.74) is 2.60. The third-order valence-corrected chi connectivity index (χ3v) is 5.27. The van der Waals surface area contributed by atoms with Crippen molar-refractivity contribution in [2.45, 2.75) is 38.8 Å². The van der Waals surface area contributed by atoms with Crippen LogP contribution in [0.25, 0.3) is 0 Å². The fraction of sp³-hybridized carbons (Fsp3) is 0.455. The number of nitrogens with zero attached hydrogens (tertiary/aromatic N) is 1. The predicted octanol–water partition coefficient (Wildman–Crippen LogP) is 3.42. The zero-order chi connectivity index (χ0) is 19.4. The van der Waals surface area contributed by atoms with Crippen molar-refractivity contribution in [3.05, 3.63) is 53.1 Å². The number of methoxy groups -OCH3 is 1. The molecule has 0 spiro atoms. The van der Waals surface area contributed by atoms with Gasteiger partial charge in [0.15, 0.2) is 11.5 Å². The van der Waals surface area contributed by atoms with E-state index in [9.17, 15) is 10.2 Å². The molecule has 0 aliphatic carbocycles. The Morgan fingerprint density at radius 1 is 1.11 bits per heavy atom. The molecule has 1 saturated heterocycles. The molecule has 0 aromatic heterocycles. The van der Waals surface area contributed by atoms with Crippen LogP contribution in [0.5, 0.6) is 17.2 Å². The van der Waals surface area contributed by atoms with Crippen LogP contribution in [0.4, 0.5) is 0 Å². The Balaban J connectivity index is 1.61. The van der Waals surface area contributed by atoms with E-state index >= 15 is 0 Å². The molecular formula is C22H29NO4. The molecule has 0 saturated carbocycles. The summed E-state index contributed by atoms with van der Waals surface area (Å²) >= 11 is 0. The number of hydrogen-bond donors (Lipinski definition) is 2. The molecule has 2 aromatic rings. The monoisotopic (exact) mass is 371 g/mol. The number of rotatable bonds is 6. The number of benzene rings is 2. The molecule has 27 heavy (non-hydrogen) atoms. The van der Waals surface area contributed by atoms with Gasteiger partial charge in [-0.2, -0.15) is 0 Å². The number of phenolic OH excluding ortho intramolecular Hbond substituents is 1. The number of aliphatic hydroxyl groups is 1. The van der Waals surface area contributed by atoms with Gasteiger partial charge in [0.05, 0.1) is 7.11 Å². The molecule has 1 aliphatic rings. The van der Waals surface area contributed by atoms with Crippen molar-refractivity contribution in [1.82, 2.24) is 4.90 Å². The highest BCUT2D eigenvalue weighted by Crippen LogP contribution is 2.29. The molecule has 1 atom stereocenters. The van der Waals surface area contributed by atoms with Crippen molar-refractivity contribution in [2.24, 2.45) is 0 Å². The number of aromatic hydroxyl groups is 1. The maximum atomic E-state index is 11.0. The smallest absolute Gasteiger partial charge is 0.160 e. The summed E-state index contributed by atoms with van der Waals surface area (Å²) in [5.74, 6) is 1.41. The van der Waals surface area contributed by atoms with Crippen molar-refractivity contribution in [1.29, 1.82) is 0 Å². The molecule has 2 N–H and O–H groups in total. The summed E-state index contributed by atoms with van der Waals surface area (Å²) in [7, 11) is 1.54. The van der Waals surface area contributed by atoms with Crippen LogP contribution < -0.4 is 9.47 Å². The largest absolute Gasteiger partial charge is 0.504 e. The third-order valence-electron chi connectivity index (χ3n) is 5.27. The van der Waals surface area contributed by atoms with Gasteiger partial charge in [-0.15, -0.1) is 0 Å². The summed E-state index contributed by atoms with van der Waals surface area (Å²) < 4.78 is 11.1. The van der Waals surface area contributed by atoms with E-state index < -0.39 is 5.60 Å². The van der Waals surface area contributed by atoms with Crippen molar-refractivity contribution in [2.75, 3.05) is 26.8 Å². The summed E-state index contributed by atoms with van der Waals surface area (Å²) in [4.78, 5) is 2.22. The van der Waals surface area contributed by atoms with E-state index in [2.05, 4.69) is 18.7 Å². The van der Waals surface area contributed by atoms with Crippen LogP contribution in [-0.2, 0) is 6.54 Å². The van der Waals surface area contributed by atoms with Crippen molar-refractivity contribution in [3.63, 3.8) is 0 Å². The highest BCUT2D eigenvalue weighted by molar-refractivity contribution is 5.41. The van der Waals surface area contributed by atoms with Gasteiger partial charge in [-0.3, -0.25) is 4.90 Å². The Morgan fingerprint density at radius 2 is 1.93 bits per heavy atom. The Labute approximate surface area is 161 Å². The first-order valence-electron chi connectivity index (χ1n) is 9.39. The van der Waals surface area contributed by atoms with E-state index in [1.807, 2.05) is 30.3 Å². The first-order chi connectivity index (χ1) is 12.9. The second-order valence-corrected chi connectivity index (χ2v) is 7.58. The van der Waals surface area contributed by atoms with Crippen molar-refractivity contribution < 1.29 is 19.7 Å². The van der Waals surface area contributed by atoms with E-state index in [0.717, 1.165) is 30.7 Å². The minimum absolute atomic E-state index is 0.137. The highest BCUT2D eigenvalue weighted by Gasteiger charge is 2.34. The summed E-state index contributed by atoms with van der Waals surface area (Å²) in [6, 6.07) is 11.4. The van der Waals surface area contributed by atoms with Crippen molar-refractivity contribution in [3.8, 4) is 17.2 Å². The van der Waals surface area contributed by atoms with Gasteiger partial charge >= 0.3 is 0 Å². The number of ether oxygens (including phenoxy) is 2. The number of likely N-dealkylation sites (tertiary alicyclic amines) is 1. The Bertz CT molecular complexity index is 792. The number of hydrogen-bond acceptors (Lipinski definition) is 5. The SMILES string of the molecule is COc1cc(CN2CCCC(O)(COc3ccc(C)c(C)c3)C2)ccc1O. The summed E-state index contributed by atoms with van der Waals surface area (Å²) in [6.07, 6.45) is 1.65. The maximum absolute atomic E-state index is 11.0. The van der Waals surface area contributed by atoms with E-state index in [1.165, 1.54) is 11.1 Å². The highest BCUT2D eigenvalue weighted by atomic mass is 16.5. The van der Waals surface area contributed by atoms with Crippen LogP contribution in [0.3, 0.4) is 0 Å². The normalized spacial score (nSPS) is 20.4. The number of phenols is 1. The van der Waals surface area contributed by atoms with Gasteiger partial charge in [-0.1, -0.05) is 12.1 Å². The Morgan fingerprint density at radius 3 is 2.67 bits per heavy atom. The molecular weight excluding hydrogens is 342 g/mol. The van der Waals surface area contributed by atoms with Gasteiger partial charge in [-0.25, -0.2) is 0 Å². The standard InChI is InChI=1S/C22H29NO4/c1-16-5-7-19(11-17(16)2)27-15-22(25)9-4-10-23(14-22)13-18-6-8-20(24)21(12-18)26-3/h5-8,11-12,24-25H,4,9-10,13-15H2,1-3H3. The topological polar surface area (TPSA) is 62.2 Å². The van der Waals surface area contributed by atoms with Crippen LogP contribution in [0.2, 0.25) is 0 Å². The lowest BCUT2D eigenvalue weighted by Gasteiger charge is -2.39. The molecule has 146 valence electrons. The number of β-amino-alcohol motifs (C(OH)–C–C–N with tert-alkyl or cyclic N) is 1. The zero-order valence-corrected chi connectivity index (χ0v) is 16.4. The average molecular weight is 371 g/mol. The van der Waals surface area contributed by atoms with Crippen LogP contribution >= 0.6 is 0 Å². The molecule has 1 unspecified atom stereocenters. The average Bonchev–Trinajstić information content (AvgIpc) is 2.64.